The zero-order chi connectivity index (χ0) is 20.8. The van der Waals surface area contributed by atoms with Crippen molar-refractivity contribution in [2.24, 2.45) is 0 Å². The van der Waals surface area contributed by atoms with Gasteiger partial charge >= 0.3 is 0 Å². The molecule has 4 aromatic rings. The first-order valence-electron chi connectivity index (χ1n) is 9.75. The van der Waals surface area contributed by atoms with Crippen LogP contribution in [0.4, 0.5) is 17.3 Å². The summed E-state index contributed by atoms with van der Waals surface area (Å²) in [5, 5.41) is 0. The summed E-state index contributed by atoms with van der Waals surface area (Å²) in [5.74, 6) is 0.301. The summed E-state index contributed by atoms with van der Waals surface area (Å²) in [4.78, 5) is 25.7. The van der Waals surface area contributed by atoms with Crippen LogP contribution in [-0.4, -0.2) is 22.9 Å². The van der Waals surface area contributed by atoms with Gasteiger partial charge in [-0.2, -0.15) is 0 Å². The summed E-state index contributed by atoms with van der Waals surface area (Å²) < 4.78 is 0. The first kappa shape index (κ1) is 19.3. The van der Waals surface area contributed by atoms with Gasteiger partial charge in [-0.25, -0.2) is 9.97 Å². The maximum atomic E-state index is 13.0. The maximum absolute atomic E-state index is 13.0. The van der Waals surface area contributed by atoms with Crippen molar-refractivity contribution in [3.8, 4) is 0 Å². The van der Waals surface area contributed by atoms with Gasteiger partial charge in [0.2, 0.25) is 5.95 Å². The fraction of sp³-hybridized carbons (Fsp3) is 0.0800. The van der Waals surface area contributed by atoms with Crippen molar-refractivity contribution in [2.45, 2.75) is 6.54 Å². The third kappa shape index (κ3) is 4.36. The number of carbonyl (C=O) groups excluding carboxylic acids is 1. The monoisotopic (exact) mass is 394 g/mol. The largest absolute Gasteiger partial charge is 0.310 e. The lowest BCUT2D eigenvalue weighted by Crippen LogP contribution is -2.28. The Hall–Kier alpha value is -3.99. The molecule has 0 bridgehead atoms. The lowest BCUT2D eigenvalue weighted by molar-refractivity contribution is 0.0988. The number of hydrogen-bond donors (Lipinski definition) is 0. The molecular weight excluding hydrogens is 372 g/mol. The lowest BCUT2D eigenvalue weighted by Gasteiger charge is -2.24. The van der Waals surface area contributed by atoms with Gasteiger partial charge in [0, 0.05) is 24.6 Å². The smallest absolute Gasteiger partial charge is 0.276 e. The predicted octanol–water partition coefficient (Wildman–Crippen LogP) is 5.09. The highest BCUT2D eigenvalue weighted by Gasteiger charge is 2.19. The molecule has 1 amide bonds. The Morgan fingerprint density at radius 1 is 0.767 bits per heavy atom. The van der Waals surface area contributed by atoms with Crippen LogP contribution in [0.15, 0.2) is 103 Å². The van der Waals surface area contributed by atoms with Gasteiger partial charge in [0.1, 0.15) is 5.69 Å². The standard InChI is InChI=1S/C25H22N4O/c1-28(21-13-7-3-8-14-21)24(30)23-17-18-26-25(27-23)29(22-15-9-4-10-16-22)19-20-11-5-2-6-12-20/h2-18H,19H2,1H3. The van der Waals surface area contributed by atoms with E-state index in [9.17, 15) is 4.79 Å². The van der Waals surface area contributed by atoms with Crippen LogP contribution in [0.5, 0.6) is 0 Å². The molecule has 0 fully saturated rings. The topological polar surface area (TPSA) is 49.3 Å². The van der Waals surface area contributed by atoms with E-state index in [2.05, 4.69) is 22.1 Å². The molecule has 0 aliphatic heterocycles. The second kappa shape index (κ2) is 9.01. The van der Waals surface area contributed by atoms with E-state index in [1.807, 2.05) is 83.8 Å². The highest BCUT2D eigenvalue weighted by atomic mass is 16.2. The minimum atomic E-state index is -0.183. The molecule has 5 nitrogen and oxygen atoms in total. The van der Waals surface area contributed by atoms with Crippen molar-refractivity contribution in [1.82, 2.24) is 9.97 Å². The second-order valence-corrected chi connectivity index (χ2v) is 6.85. The van der Waals surface area contributed by atoms with Crippen molar-refractivity contribution in [1.29, 1.82) is 0 Å². The number of para-hydroxylation sites is 2. The van der Waals surface area contributed by atoms with Crippen LogP contribution in [0.2, 0.25) is 0 Å². The molecule has 0 radical (unpaired) electrons. The molecule has 0 saturated carbocycles. The molecule has 0 N–H and O–H groups in total. The Balaban J connectivity index is 1.67. The molecule has 0 unspecified atom stereocenters. The minimum Gasteiger partial charge on any atom is -0.310 e. The molecule has 1 aromatic heterocycles. The molecule has 0 spiro atoms. The predicted molar refractivity (Wildman–Crippen MR) is 120 cm³/mol. The molecule has 148 valence electrons. The van der Waals surface area contributed by atoms with Gasteiger partial charge in [0.05, 0.1) is 6.54 Å². The molecule has 4 rings (SSSR count). The molecule has 5 heteroatoms. The minimum absolute atomic E-state index is 0.183. The van der Waals surface area contributed by atoms with Gasteiger partial charge in [-0.05, 0) is 35.9 Å². The van der Waals surface area contributed by atoms with Crippen molar-refractivity contribution in [2.75, 3.05) is 16.8 Å². The zero-order valence-electron chi connectivity index (χ0n) is 16.7. The van der Waals surface area contributed by atoms with Crippen LogP contribution in [0.1, 0.15) is 16.1 Å². The Labute approximate surface area is 176 Å². The average Bonchev–Trinajstić information content (AvgIpc) is 2.83. The van der Waals surface area contributed by atoms with Gasteiger partial charge in [-0.1, -0.05) is 66.7 Å². The van der Waals surface area contributed by atoms with E-state index >= 15 is 0 Å². The van der Waals surface area contributed by atoms with Crippen LogP contribution >= 0.6 is 0 Å². The molecule has 0 aliphatic carbocycles. The Morgan fingerprint density at radius 2 is 1.33 bits per heavy atom. The van der Waals surface area contributed by atoms with Gasteiger partial charge < -0.3 is 9.80 Å². The fourth-order valence-electron chi connectivity index (χ4n) is 3.19. The number of amides is 1. The summed E-state index contributed by atoms with van der Waals surface area (Å²) in [6.07, 6.45) is 1.63. The molecule has 3 aromatic carbocycles. The normalized spacial score (nSPS) is 10.4. The molecule has 0 saturated heterocycles. The van der Waals surface area contributed by atoms with Crippen molar-refractivity contribution in [3.05, 3.63) is 115 Å². The van der Waals surface area contributed by atoms with Gasteiger partial charge in [0.15, 0.2) is 0 Å². The van der Waals surface area contributed by atoms with E-state index in [-0.39, 0.29) is 5.91 Å². The van der Waals surface area contributed by atoms with Crippen molar-refractivity contribution < 1.29 is 4.79 Å². The summed E-state index contributed by atoms with van der Waals surface area (Å²) in [6.45, 7) is 0.594. The summed E-state index contributed by atoms with van der Waals surface area (Å²) in [6, 6.07) is 31.3. The average molecular weight is 394 g/mol. The number of rotatable bonds is 6. The third-order valence-electron chi connectivity index (χ3n) is 4.80. The van der Waals surface area contributed by atoms with E-state index in [0.717, 1.165) is 16.9 Å². The molecular formula is C25H22N4O. The lowest BCUT2D eigenvalue weighted by atomic mass is 10.2. The quantitative estimate of drug-likeness (QED) is 0.457. The van der Waals surface area contributed by atoms with Crippen LogP contribution in [0.3, 0.4) is 0 Å². The van der Waals surface area contributed by atoms with Crippen LogP contribution in [0, 0.1) is 0 Å². The number of nitrogens with zero attached hydrogens (tertiary/aromatic N) is 4. The molecule has 0 aliphatic rings. The van der Waals surface area contributed by atoms with Gasteiger partial charge in [-0.15, -0.1) is 0 Å². The van der Waals surface area contributed by atoms with Crippen molar-refractivity contribution in [3.63, 3.8) is 0 Å². The number of benzene rings is 3. The maximum Gasteiger partial charge on any atom is 0.276 e. The first-order valence-corrected chi connectivity index (χ1v) is 9.75. The SMILES string of the molecule is CN(C(=O)c1ccnc(N(Cc2ccccc2)c2ccccc2)n1)c1ccccc1. The zero-order valence-corrected chi connectivity index (χ0v) is 16.7. The molecule has 30 heavy (non-hydrogen) atoms. The van der Waals surface area contributed by atoms with Crippen LogP contribution in [-0.2, 0) is 6.54 Å². The number of carbonyl (C=O) groups is 1. The Kier molecular flexibility index (Phi) is 5.80. The van der Waals surface area contributed by atoms with E-state index in [1.54, 1.807) is 24.2 Å². The summed E-state index contributed by atoms with van der Waals surface area (Å²) in [5.41, 5.74) is 3.25. The van der Waals surface area contributed by atoms with E-state index in [4.69, 9.17) is 0 Å². The van der Waals surface area contributed by atoms with E-state index < -0.39 is 0 Å². The van der Waals surface area contributed by atoms with Gasteiger partial charge in [0.25, 0.3) is 5.91 Å². The highest BCUT2D eigenvalue weighted by molar-refractivity contribution is 6.04. The molecule has 1 heterocycles. The van der Waals surface area contributed by atoms with Crippen LogP contribution < -0.4 is 9.80 Å². The Morgan fingerprint density at radius 3 is 1.97 bits per heavy atom. The van der Waals surface area contributed by atoms with E-state index in [0.29, 0.717) is 18.2 Å². The number of anilines is 3. The van der Waals surface area contributed by atoms with E-state index in [1.165, 1.54) is 0 Å². The highest BCUT2D eigenvalue weighted by Crippen LogP contribution is 2.25. The fourth-order valence-corrected chi connectivity index (χ4v) is 3.19. The third-order valence-corrected chi connectivity index (χ3v) is 4.80. The first-order chi connectivity index (χ1) is 14.7. The number of aromatic nitrogens is 2. The molecule has 0 atom stereocenters. The van der Waals surface area contributed by atoms with Gasteiger partial charge in [-0.3, -0.25) is 4.79 Å². The summed E-state index contributed by atoms with van der Waals surface area (Å²) >= 11 is 0. The Bertz CT molecular complexity index is 1100. The second-order valence-electron chi connectivity index (χ2n) is 6.85. The van der Waals surface area contributed by atoms with Crippen LogP contribution in [0.25, 0.3) is 0 Å². The number of hydrogen-bond acceptors (Lipinski definition) is 4. The summed E-state index contributed by atoms with van der Waals surface area (Å²) in [7, 11) is 1.75. The van der Waals surface area contributed by atoms with Crippen molar-refractivity contribution >= 4 is 23.2 Å².